The van der Waals surface area contributed by atoms with E-state index in [-0.39, 0.29) is 17.6 Å². The van der Waals surface area contributed by atoms with Crippen LogP contribution in [0, 0.1) is 0 Å². The van der Waals surface area contributed by atoms with Crippen molar-refractivity contribution >= 4 is 11.9 Å². The monoisotopic (exact) mass is 277 g/mol. The van der Waals surface area contributed by atoms with Crippen molar-refractivity contribution < 1.29 is 14.7 Å². The average Bonchev–Trinajstić information content (AvgIpc) is 2.58. The molecule has 1 aliphatic rings. The minimum Gasteiger partial charge on any atom is -0.477 e. The van der Waals surface area contributed by atoms with Crippen LogP contribution in [0.25, 0.3) is 0 Å². The quantitative estimate of drug-likeness (QED) is 0.871. The van der Waals surface area contributed by atoms with Gasteiger partial charge in [0, 0.05) is 30.9 Å². The highest BCUT2D eigenvalue weighted by atomic mass is 16.4. The number of nitrogens with zero attached hydrogens (tertiary/aromatic N) is 3. The summed E-state index contributed by atoms with van der Waals surface area (Å²) in [6.07, 6.45) is 2.29. The van der Waals surface area contributed by atoms with Gasteiger partial charge in [-0.15, -0.1) is 0 Å². The molecule has 1 fully saturated rings. The lowest BCUT2D eigenvalue weighted by Gasteiger charge is -2.28. The van der Waals surface area contributed by atoms with Crippen LogP contribution in [0.1, 0.15) is 34.2 Å². The summed E-state index contributed by atoms with van der Waals surface area (Å²) in [5, 5.41) is 8.94. The lowest BCUT2D eigenvalue weighted by atomic mass is 10.1. The number of carbonyl (C=O) groups excluding carboxylic acids is 1. The predicted octanol–water partition coefficient (Wildman–Crippen LogP) is 0.946. The molecule has 0 radical (unpaired) electrons. The lowest BCUT2D eigenvalue weighted by molar-refractivity contribution is 0.0690. The van der Waals surface area contributed by atoms with Gasteiger partial charge >= 0.3 is 5.97 Å². The fraction of sp³-hybridized carbons (Fsp3) is 0.500. The van der Waals surface area contributed by atoms with Crippen molar-refractivity contribution in [1.82, 2.24) is 14.8 Å². The van der Waals surface area contributed by atoms with Crippen LogP contribution in [-0.2, 0) is 0 Å². The van der Waals surface area contributed by atoms with E-state index in [0.29, 0.717) is 12.1 Å². The van der Waals surface area contributed by atoms with E-state index in [2.05, 4.69) is 9.88 Å². The van der Waals surface area contributed by atoms with Gasteiger partial charge in [0.05, 0.1) is 0 Å². The van der Waals surface area contributed by atoms with Crippen molar-refractivity contribution in [2.75, 3.05) is 26.7 Å². The molecular formula is C14H19N3O3. The molecule has 2 rings (SSSR count). The maximum Gasteiger partial charge on any atom is 0.354 e. The van der Waals surface area contributed by atoms with Gasteiger partial charge in [0.15, 0.2) is 0 Å². The Morgan fingerprint density at radius 3 is 2.85 bits per heavy atom. The molecule has 1 amide bonds. The highest BCUT2D eigenvalue weighted by Crippen LogP contribution is 2.14. The summed E-state index contributed by atoms with van der Waals surface area (Å²) in [6, 6.07) is 3.01. The molecular weight excluding hydrogens is 258 g/mol. The van der Waals surface area contributed by atoms with Crippen LogP contribution in [0.5, 0.6) is 0 Å². The van der Waals surface area contributed by atoms with Gasteiger partial charge in [0.1, 0.15) is 5.69 Å². The van der Waals surface area contributed by atoms with Gasteiger partial charge in [-0.25, -0.2) is 9.78 Å². The Morgan fingerprint density at radius 1 is 1.40 bits per heavy atom. The maximum absolute atomic E-state index is 12.5. The molecule has 6 heteroatoms. The van der Waals surface area contributed by atoms with Crippen molar-refractivity contribution in [2.24, 2.45) is 0 Å². The first-order valence-corrected chi connectivity index (χ1v) is 6.68. The third-order valence-electron chi connectivity index (χ3n) is 3.53. The van der Waals surface area contributed by atoms with Crippen molar-refractivity contribution in [3.63, 3.8) is 0 Å². The number of aromatic carboxylic acids is 1. The van der Waals surface area contributed by atoms with Crippen LogP contribution >= 0.6 is 0 Å². The molecule has 1 N–H and O–H groups in total. The second-order valence-corrected chi connectivity index (χ2v) is 5.20. The van der Waals surface area contributed by atoms with Gasteiger partial charge < -0.3 is 14.9 Å². The zero-order valence-corrected chi connectivity index (χ0v) is 11.7. The van der Waals surface area contributed by atoms with Gasteiger partial charge in [-0.05, 0) is 39.1 Å². The number of aromatic nitrogens is 1. The zero-order valence-electron chi connectivity index (χ0n) is 11.7. The third-order valence-corrected chi connectivity index (χ3v) is 3.53. The summed E-state index contributed by atoms with van der Waals surface area (Å²) in [4.78, 5) is 31.2. The fourth-order valence-electron chi connectivity index (χ4n) is 2.52. The van der Waals surface area contributed by atoms with E-state index in [0.717, 1.165) is 19.5 Å². The van der Waals surface area contributed by atoms with Gasteiger partial charge in [0.2, 0.25) is 0 Å². The number of rotatable bonds is 2. The number of hydrogen-bond donors (Lipinski definition) is 1. The van der Waals surface area contributed by atoms with Gasteiger partial charge in [-0.3, -0.25) is 4.79 Å². The Kier molecular flexibility index (Phi) is 4.34. The molecule has 1 aromatic rings. The van der Waals surface area contributed by atoms with Gasteiger partial charge in [-0.2, -0.15) is 0 Å². The highest BCUT2D eigenvalue weighted by molar-refractivity contribution is 5.96. The van der Waals surface area contributed by atoms with Crippen LogP contribution in [0.4, 0.5) is 0 Å². The van der Waals surface area contributed by atoms with E-state index >= 15 is 0 Å². The normalized spacial score (nSPS) is 20.5. The smallest absolute Gasteiger partial charge is 0.354 e. The van der Waals surface area contributed by atoms with E-state index in [4.69, 9.17) is 5.11 Å². The Balaban J connectivity index is 2.21. The van der Waals surface area contributed by atoms with Gasteiger partial charge in [0.25, 0.3) is 5.91 Å². The van der Waals surface area contributed by atoms with Crippen molar-refractivity contribution in [3.05, 3.63) is 29.6 Å². The number of hydrogen-bond acceptors (Lipinski definition) is 4. The second-order valence-electron chi connectivity index (χ2n) is 5.20. The molecule has 0 saturated carbocycles. The SMILES string of the molecule is CC1CN(C)CCCN1C(=O)c1ccnc(C(=O)O)c1. The van der Waals surface area contributed by atoms with Crippen molar-refractivity contribution in [3.8, 4) is 0 Å². The Morgan fingerprint density at radius 2 is 2.15 bits per heavy atom. The van der Waals surface area contributed by atoms with Crippen LogP contribution in [0.15, 0.2) is 18.3 Å². The highest BCUT2D eigenvalue weighted by Gasteiger charge is 2.25. The largest absolute Gasteiger partial charge is 0.477 e. The summed E-state index contributed by atoms with van der Waals surface area (Å²) in [5.74, 6) is -1.25. The summed E-state index contributed by atoms with van der Waals surface area (Å²) < 4.78 is 0. The number of pyridine rings is 1. The number of carbonyl (C=O) groups is 2. The number of carboxylic acid groups (broad SMARTS) is 1. The summed E-state index contributed by atoms with van der Waals surface area (Å²) in [6.45, 7) is 4.49. The van der Waals surface area contributed by atoms with E-state index in [1.54, 1.807) is 6.07 Å². The first kappa shape index (κ1) is 14.5. The van der Waals surface area contributed by atoms with Crippen LogP contribution < -0.4 is 0 Å². The summed E-state index contributed by atoms with van der Waals surface area (Å²) >= 11 is 0. The second kappa shape index (κ2) is 6.00. The first-order chi connectivity index (χ1) is 9.49. The number of amides is 1. The Hall–Kier alpha value is -1.95. The number of likely N-dealkylation sites (N-methyl/N-ethyl adjacent to an activating group) is 1. The molecule has 2 heterocycles. The predicted molar refractivity (Wildman–Crippen MR) is 73.8 cm³/mol. The standard InChI is InChI=1S/C14H19N3O3/c1-10-9-16(2)6-3-7-17(10)13(18)11-4-5-15-12(8-11)14(19)20/h4-5,8,10H,3,6-7,9H2,1-2H3,(H,19,20). The summed E-state index contributed by atoms with van der Waals surface area (Å²) in [5.41, 5.74) is 0.282. The minimum absolute atomic E-state index is 0.101. The van der Waals surface area contributed by atoms with Crippen LogP contribution in [0.2, 0.25) is 0 Å². The molecule has 0 spiro atoms. The molecule has 1 aliphatic heterocycles. The maximum atomic E-state index is 12.5. The molecule has 0 aliphatic carbocycles. The molecule has 1 atom stereocenters. The average molecular weight is 277 g/mol. The molecule has 6 nitrogen and oxygen atoms in total. The molecule has 20 heavy (non-hydrogen) atoms. The van der Waals surface area contributed by atoms with E-state index in [9.17, 15) is 9.59 Å². The third kappa shape index (κ3) is 3.14. The lowest BCUT2D eigenvalue weighted by Crippen LogP contribution is -2.42. The van der Waals surface area contributed by atoms with E-state index in [1.165, 1.54) is 12.3 Å². The zero-order chi connectivity index (χ0) is 14.7. The molecule has 0 aromatic carbocycles. The Bertz CT molecular complexity index is 518. The van der Waals surface area contributed by atoms with Crippen molar-refractivity contribution in [1.29, 1.82) is 0 Å². The molecule has 1 aromatic heterocycles. The Labute approximate surface area is 118 Å². The first-order valence-electron chi connectivity index (χ1n) is 6.68. The summed E-state index contributed by atoms with van der Waals surface area (Å²) in [7, 11) is 2.04. The number of carboxylic acids is 1. The minimum atomic E-state index is -1.12. The van der Waals surface area contributed by atoms with Crippen LogP contribution in [-0.4, -0.2) is 64.5 Å². The fourth-order valence-corrected chi connectivity index (χ4v) is 2.52. The molecule has 108 valence electrons. The van der Waals surface area contributed by atoms with Crippen molar-refractivity contribution in [2.45, 2.75) is 19.4 Å². The molecule has 1 unspecified atom stereocenters. The molecule has 0 bridgehead atoms. The van der Waals surface area contributed by atoms with Gasteiger partial charge in [-0.1, -0.05) is 0 Å². The topological polar surface area (TPSA) is 73.7 Å². The van der Waals surface area contributed by atoms with E-state index < -0.39 is 5.97 Å². The van der Waals surface area contributed by atoms with E-state index in [1.807, 2.05) is 18.9 Å². The molecule has 1 saturated heterocycles. The van der Waals surface area contributed by atoms with Crippen LogP contribution in [0.3, 0.4) is 0 Å².